The maximum absolute atomic E-state index is 12.4. The fraction of sp³-hybridized carbons (Fsp3) is 0.111. The molecule has 8 heteroatoms. The van der Waals surface area contributed by atoms with Crippen molar-refractivity contribution in [2.75, 3.05) is 18.9 Å². The Bertz CT molecular complexity index is 967. The van der Waals surface area contributed by atoms with Crippen molar-refractivity contribution >= 4 is 27.0 Å². The summed E-state index contributed by atoms with van der Waals surface area (Å²) in [6.07, 6.45) is 0. The summed E-state index contributed by atoms with van der Waals surface area (Å²) in [6.45, 7) is 0. The van der Waals surface area contributed by atoms with Crippen molar-refractivity contribution in [1.82, 2.24) is 0 Å². The van der Waals surface area contributed by atoms with E-state index in [-0.39, 0.29) is 4.21 Å². The number of hydrogen-bond donors (Lipinski definition) is 1. The van der Waals surface area contributed by atoms with E-state index in [4.69, 9.17) is 14.2 Å². The molecule has 0 atom stereocenters. The molecule has 0 fully saturated rings. The fourth-order valence-electron chi connectivity index (χ4n) is 2.21. The Morgan fingerprint density at radius 2 is 1.62 bits per heavy atom. The Labute approximate surface area is 156 Å². The molecule has 0 aliphatic heterocycles. The lowest BCUT2D eigenvalue weighted by Crippen LogP contribution is -2.11. The van der Waals surface area contributed by atoms with Gasteiger partial charge in [-0.15, -0.1) is 11.3 Å². The van der Waals surface area contributed by atoms with Crippen LogP contribution in [0.5, 0.6) is 23.0 Å². The zero-order valence-corrected chi connectivity index (χ0v) is 15.8. The summed E-state index contributed by atoms with van der Waals surface area (Å²) in [5, 5.41) is 1.71. The Morgan fingerprint density at radius 1 is 0.885 bits per heavy atom. The van der Waals surface area contributed by atoms with Crippen LogP contribution in [0.4, 0.5) is 5.69 Å². The summed E-state index contributed by atoms with van der Waals surface area (Å²) < 4.78 is 43.8. The second-order valence-corrected chi connectivity index (χ2v) is 8.04. The molecule has 6 nitrogen and oxygen atoms in total. The largest absolute Gasteiger partial charge is 0.497 e. The molecule has 0 unspecified atom stereocenters. The first-order chi connectivity index (χ1) is 12.5. The number of rotatable bonds is 7. The molecule has 1 N–H and O–H groups in total. The molecule has 0 radical (unpaired) electrons. The number of hydrogen-bond acceptors (Lipinski definition) is 6. The van der Waals surface area contributed by atoms with Crippen LogP contribution in [0.25, 0.3) is 0 Å². The normalized spacial score (nSPS) is 11.0. The molecule has 0 saturated heterocycles. The first kappa shape index (κ1) is 18.1. The second kappa shape index (κ2) is 7.67. The van der Waals surface area contributed by atoms with E-state index in [0.717, 1.165) is 11.3 Å². The topological polar surface area (TPSA) is 73.9 Å². The van der Waals surface area contributed by atoms with Crippen LogP contribution in [0.1, 0.15) is 0 Å². The van der Waals surface area contributed by atoms with Gasteiger partial charge in [-0.1, -0.05) is 6.07 Å². The van der Waals surface area contributed by atoms with Crippen LogP contribution in [-0.4, -0.2) is 22.6 Å². The standard InChI is InChI=1S/C18H17NO5S2/c1-22-14-6-8-15(9-7-14)24-17-12-13(5-10-16(17)23-2)19-26(20,21)18-4-3-11-25-18/h3-12,19H,1-2H3. The minimum Gasteiger partial charge on any atom is -0.497 e. The molecule has 1 heterocycles. The average Bonchev–Trinajstić information content (AvgIpc) is 3.18. The van der Waals surface area contributed by atoms with Crippen LogP contribution in [0.15, 0.2) is 64.2 Å². The quantitative estimate of drug-likeness (QED) is 0.648. The molecule has 0 aliphatic carbocycles. The van der Waals surface area contributed by atoms with Crippen molar-refractivity contribution in [3.05, 3.63) is 60.0 Å². The number of benzene rings is 2. The third-order valence-electron chi connectivity index (χ3n) is 3.46. The Morgan fingerprint density at radius 3 is 2.23 bits per heavy atom. The van der Waals surface area contributed by atoms with Gasteiger partial charge < -0.3 is 14.2 Å². The maximum atomic E-state index is 12.4. The summed E-state index contributed by atoms with van der Waals surface area (Å²) in [4.78, 5) is 0. The summed E-state index contributed by atoms with van der Waals surface area (Å²) >= 11 is 1.15. The molecule has 3 aromatic rings. The lowest BCUT2D eigenvalue weighted by atomic mass is 10.2. The van der Waals surface area contributed by atoms with Gasteiger partial charge in [-0.05, 0) is 47.8 Å². The number of anilines is 1. The first-order valence-electron chi connectivity index (χ1n) is 7.58. The molecule has 0 spiro atoms. The molecule has 3 rings (SSSR count). The number of thiophene rings is 1. The zero-order valence-electron chi connectivity index (χ0n) is 14.1. The van der Waals surface area contributed by atoms with Gasteiger partial charge in [0.1, 0.15) is 15.7 Å². The first-order valence-corrected chi connectivity index (χ1v) is 9.94. The van der Waals surface area contributed by atoms with Crippen molar-refractivity contribution in [3.8, 4) is 23.0 Å². The van der Waals surface area contributed by atoms with E-state index in [2.05, 4.69) is 4.72 Å². The van der Waals surface area contributed by atoms with Crippen LogP contribution in [0.2, 0.25) is 0 Å². The predicted octanol–water partition coefficient (Wildman–Crippen LogP) is 4.36. The molecular weight excluding hydrogens is 374 g/mol. The molecule has 0 amide bonds. The number of sulfonamides is 1. The van der Waals surface area contributed by atoms with Gasteiger partial charge in [0, 0.05) is 6.07 Å². The van der Waals surface area contributed by atoms with E-state index in [1.165, 1.54) is 7.11 Å². The molecule has 136 valence electrons. The average molecular weight is 391 g/mol. The predicted molar refractivity (Wildman–Crippen MR) is 101 cm³/mol. The van der Waals surface area contributed by atoms with E-state index in [1.807, 2.05) is 0 Å². The lowest BCUT2D eigenvalue weighted by molar-refractivity contribution is 0.378. The third-order valence-corrected chi connectivity index (χ3v) is 6.24. The highest BCUT2D eigenvalue weighted by molar-refractivity contribution is 7.94. The minimum atomic E-state index is -3.63. The van der Waals surface area contributed by atoms with Gasteiger partial charge >= 0.3 is 0 Å². The molecular formula is C18H17NO5S2. The lowest BCUT2D eigenvalue weighted by Gasteiger charge is -2.13. The van der Waals surface area contributed by atoms with Crippen LogP contribution in [0, 0.1) is 0 Å². The summed E-state index contributed by atoms with van der Waals surface area (Å²) in [5.41, 5.74) is 0.378. The van der Waals surface area contributed by atoms with Gasteiger partial charge in [-0.25, -0.2) is 8.42 Å². The van der Waals surface area contributed by atoms with Crippen molar-refractivity contribution in [1.29, 1.82) is 0 Å². The highest BCUT2D eigenvalue weighted by Gasteiger charge is 2.16. The van der Waals surface area contributed by atoms with Crippen LogP contribution in [-0.2, 0) is 10.0 Å². The summed E-state index contributed by atoms with van der Waals surface area (Å²) in [7, 11) is -0.528. The minimum absolute atomic E-state index is 0.242. The molecule has 0 bridgehead atoms. The van der Waals surface area contributed by atoms with Crippen LogP contribution >= 0.6 is 11.3 Å². The van der Waals surface area contributed by atoms with E-state index >= 15 is 0 Å². The maximum Gasteiger partial charge on any atom is 0.271 e. The van der Waals surface area contributed by atoms with Crippen molar-refractivity contribution in [3.63, 3.8) is 0 Å². The number of nitrogens with one attached hydrogen (secondary N) is 1. The van der Waals surface area contributed by atoms with Crippen molar-refractivity contribution in [2.24, 2.45) is 0 Å². The SMILES string of the molecule is COc1ccc(Oc2cc(NS(=O)(=O)c3cccs3)ccc2OC)cc1. The van der Waals surface area contributed by atoms with Gasteiger partial charge in [0.25, 0.3) is 10.0 Å². The van der Waals surface area contributed by atoms with Gasteiger partial charge in [0.05, 0.1) is 19.9 Å². The van der Waals surface area contributed by atoms with Crippen molar-refractivity contribution in [2.45, 2.75) is 4.21 Å². The van der Waals surface area contributed by atoms with E-state index in [0.29, 0.717) is 28.7 Å². The number of ether oxygens (including phenoxy) is 3. The van der Waals surface area contributed by atoms with Crippen LogP contribution < -0.4 is 18.9 Å². The van der Waals surface area contributed by atoms with Crippen molar-refractivity contribution < 1.29 is 22.6 Å². The molecule has 0 saturated carbocycles. The number of methoxy groups -OCH3 is 2. The van der Waals surface area contributed by atoms with E-state index in [1.54, 1.807) is 67.1 Å². The molecule has 2 aromatic carbocycles. The highest BCUT2D eigenvalue weighted by atomic mass is 32.2. The van der Waals surface area contributed by atoms with E-state index in [9.17, 15) is 8.42 Å². The summed E-state index contributed by atoms with van der Waals surface area (Å²) in [5.74, 6) is 2.16. The van der Waals surface area contributed by atoms with Gasteiger partial charge in [0.15, 0.2) is 11.5 Å². The van der Waals surface area contributed by atoms with Crippen LogP contribution in [0.3, 0.4) is 0 Å². The second-order valence-electron chi connectivity index (χ2n) is 5.18. The molecule has 1 aromatic heterocycles. The van der Waals surface area contributed by atoms with Gasteiger partial charge in [-0.3, -0.25) is 4.72 Å². The fourth-order valence-corrected chi connectivity index (χ4v) is 4.25. The highest BCUT2D eigenvalue weighted by Crippen LogP contribution is 2.35. The van der Waals surface area contributed by atoms with Gasteiger partial charge in [-0.2, -0.15) is 0 Å². The zero-order chi connectivity index (χ0) is 18.6. The monoisotopic (exact) mass is 391 g/mol. The summed E-state index contributed by atoms with van der Waals surface area (Å²) in [6, 6.07) is 15.1. The Hall–Kier alpha value is -2.71. The molecule has 0 aliphatic rings. The van der Waals surface area contributed by atoms with Gasteiger partial charge in [0.2, 0.25) is 0 Å². The van der Waals surface area contributed by atoms with E-state index < -0.39 is 10.0 Å². The third kappa shape index (κ3) is 4.09. The Kier molecular flexibility index (Phi) is 5.34. The smallest absolute Gasteiger partial charge is 0.271 e. The molecule has 26 heavy (non-hydrogen) atoms. The Balaban J connectivity index is 1.86.